The minimum Gasteiger partial charge on any atom is -0.454 e. The van der Waals surface area contributed by atoms with Crippen molar-refractivity contribution in [3.63, 3.8) is 0 Å². The highest BCUT2D eigenvalue weighted by Gasteiger charge is 2.39. The Labute approximate surface area is 115 Å². The van der Waals surface area contributed by atoms with Crippen LogP contribution in [-0.2, 0) is 15.1 Å². The topological polar surface area (TPSA) is 29.5 Å². The molecule has 1 aromatic carbocycles. The summed E-state index contributed by atoms with van der Waals surface area (Å²) in [5.41, 5.74) is 0.667. The van der Waals surface area contributed by atoms with E-state index in [1.165, 1.54) is 0 Å². The smallest absolute Gasteiger partial charge is 0.306 e. The van der Waals surface area contributed by atoms with Gasteiger partial charge in [0.15, 0.2) is 0 Å². The Hall–Kier alpha value is -1.35. The standard InChI is InChI=1S/C16H22NO2/c1-3-15(18)19-16(14-8-6-5-7-9-14)10-12-17(4-2)13-11-16/h5-9H,2-4,10-13H2,1H3. The molecule has 0 spiro atoms. The fraction of sp³-hybridized carbons (Fsp3) is 0.500. The third-order valence-corrected chi connectivity index (χ3v) is 3.88. The van der Waals surface area contributed by atoms with Gasteiger partial charge in [0.05, 0.1) is 0 Å². The molecule has 0 bridgehead atoms. The van der Waals surface area contributed by atoms with Crippen LogP contribution in [0.2, 0.25) is 0 Å². The lowest BCUT2D eigenvalue weighted by atomic mass is 9.84. The lowest BCUT2D eigenvalue weighted by Crippen LogP contribution is -2.45. The highest BCUT2D eigenvalue weighted by molar-refractivity contribution is 5.69. The van der Waals surface area contributed by atoms with Crippen LogP contribution < -0.4 is 0 Å². The maximum Gasteiger partial charge on any atom is 0.306 e. The summed E-state index contributed by atoms with van der Waals surface area (Å²) in [5.74, 6) is -0.119. The molecule has 0 N–H and O–H groups in total. The van der Waals surface area contributed by atoms with Crippen LogP contribution >= 0.6 is 0 Å². The molecule has 1 saturated heterocycles. The number of hydrogen-bond acceptors (Lipinski definition) is 3. The lowest BCUT2D eigenvalue weighted by Gasteiger charge is -2.41. The molecule has 19 heavy (non-hydrogen) atoms. The first-order valence-electron chi connectivity index (χ1n) is 6.99. The minimum atomic E-state index is -0.444. The van der Waals surface area contributed by atoms with E-state index in [1.807, 2.05) is 25.1 Å². The second-order valence-corrected chi connectivity index (χ2v) is 5.03. The largest absolute Gasteiger partial charge is 0.454 e. The number of rotatable bonds is 4. The van der Waals surface area contributed by atoms with Gasteiger partial charge in [0.1, 0.15) is 5.60 Å². The number of carbonyl (C=O) groups excluding carboxylic acids is 1. The van der Waals surface area contributed by atoms with Gasteiger partial charge in [-0.2, -0.15) is 0 Å². The Morgan fingerprint density at radius 1 is 1.32 bits per heavy atom. The molecule has 0 saturated carbocycles. The van der Waals surface area contributed by atoms with E-state index in [0.29, 0.717) is 6.42 Å². The van der Waals surface area contributed by atoms with Crippen molar-refractivity contribution in [3.05, 3.63) is 42.8 Å². The molecular formula is C16H22NO2. The lowest BCUT2D eigenvalue weighted by molar-refractivity contribution is -0.166. The van der Waals surface area contributed by atoms with Gasteiger partial charge in [-0.3, -0.25) is 4.79 Å². The van der Waals surface area contributed by atoms with Gasteiger partial charge in [-0.1, -0.05) is 37.3 Å². The van der Waals surface area contributed by atoms with E-state index in [2.05, 4.69) is 24.0 Å². The van der Waals surface area contributed by atoms with E-state index < -0.39 is 5.60 Å². The summed E-state index contributed by atoms with van der Waals surface area (Å²) in [4.78, 5) is 14.1. The number of esters is 1. The van der Waals surface area contributed by atoms with Gasteiger partial charge in [0.2, 0.25) is 0 Å². The molecule has 0 aliphatic carbocycles. The van der Waals surface area contributed by atoms with Crippen molar-refractivity contribution >= 4 is 5.97 Å². The summed E-state index contributed by atoms with van der Waals surface area (Å²) < 4.78 is 5.82. The highest BCUT2D eigenvalue weighted by atomic mass is 16.6. The Bertz CT molecular complexity index is 408. The molecule has 1 aromatic rings. The van der Waals surface area contributed by atoms with Crippen molar-refractivity contribution < 1.29 is 9.53 Å². The Kier molecular flexibility index (Phi) is 4.59. The predicted octanol–water partition coefficient (Wildman–Crippen LogP) is 2.76. The number of ether oxygens (including phenoxy) is 1. The molecular weight excluding hydrogens is 238 g/mol. The third-order valence-electron chi connectivity index (χ3n) is 3.88. The molecule has 0 aromatic heterocycles. The Morgan fingerprint density at radius 3 is 2.47 bits per heavy atom. The first-order chi connectivity index (χ1) is 9.20. The van der Waals surface area contributed by atoms with Crippen LogP contribution in [0.1, 0.15) is 31.7 Å². The van der Waals surface area contributed by atoms with Crippen molar-refractivity contribution in [1.29, 1.82) is 0 Å². The van der Waals surface area contributed by atoms with Gasteiger partial charge in [-0.25, -0.2) is 0 Å². The zero-order chi connectivity index (χ0) is 13.7. The predicted molar refractivity (Wildman–Crippen MR) is 75.5 cm³/mol. The molecule has 1 aliphatic rings. The zero-order valence-corrected chi connectivity index (χ0v) is 11.6. The van der Waals surface area contributed by atoms with Gasteiger partial charge < -0.3 is 9.64 Å². The molecule has 1 heterocycles. The minimum absolute atomic E-state index is 0.119. The summed E-state index contributed by atoms with van der Waals surface area (Å²) in [7, 11) is 0. The SMILES string of the molecule is [CH2]CN1CCC(OC(=O)CC)(c2ccccc2)CC1. The quantitative estimate of drug-likeness (QED) is 0.780. The van der Waals surface area contributed by atoms with Gasteiger partial charge in [-0.05, 0) is 19.0 Å². The summed E-state index contributed by atoms with van der Waals surface area (Å²) in [6.07, 6.45) is 2.12. The Balaban J connectivity index is 2.22. The molecule has 103 valence electrons. The maximum absolute atomic E-state index is 11.8. The fourth-order valence-corrected chi connectivity index (χ4v) is 2.62. The molecule has 1 fully saturated rings. The van der Waals surface area contributed by atoms with E-state index in [9.17, 15) is 4.79 Å². The number of carbonyl (C=O) groups is 1. The average Bonchev–Trinajstić information content (AvgIpc) is 2.48. The van der Waals surface area contributed by atoms with Gasteiger partial charge in [0.25, 0.3) is 0 Å². The number of piperidine rings is 1. The summed E-state index contributed by atoms with van der Waals surface area (Å²) in [5, 5.41) is 0. The van der Waals surface area contributed by atoms with E-state index in [-0.39, 0.29) is 5.97 Å². The molecule has 0 atom stereocenters. The van der Waals surface area contributed by atoms with E-state index >= 15 is 0 Å². The molecule has 2 rings (SSSR count). The van der Waals surface area contributed by atoms with Crippen LogP contribution in [0, 0.1) is 6.92 Å². The summed E-state index contributed by atoms with van der Waals surface area (Å²) >= 11 is 0. The average molecular weight is 260 g/mol. The van der Waals surface area contributed by atoms with Gasteiger partial charge in [-0.15, -0.1) is 0 Å². The normalized spacial score (nSPS) is 19.1. The first-order valence-corrected chi connectivity index (χ1v) is 6.99. The van der Waals surface area contributed by atoms with Crippen LogP contribution in [0.15, 0.2) is 30.3 Å². The van der Waals surface area contributed by atoms with Crippen molar-refractivity contribution in [2.24, 2.45) is 0 Å². The van der Waals surface area contributed by atoms with E-state index in [4.69, 9.17) is 4.74 Å². The van der Waals surface area contributed by atoms with Crippen molar-refractivity contribution in [2.75, 3.05) is 19.6 Å². The van der Waals surface area contributed by atoms with Crippen LogP contribution in [0.25, 0.3) is 0 Å². The molecule has 3 nitrogen and oxygen atoms in total. The number of benzene rings is 1. The third kappa shape index (κ3) is 3.16. The van der Waals surface area contributed by atoms with Crippen molar-refractivity contribution in [3.8, 4) is 0 Å². The van der Waals surface area contributed by atoms with Crippen LogP contribution in [0.4, 0.5) is 0 Å². The zero-order valence-electron chi connectivity index (χ0n) is 11.6. The van der Waals surface area contributed by atoms with E-state index in [0.717, 1.165) is 38.0 Å². The molecule has 1 aliphatic heterocycles. The Morgan fingerprint density at radius 2 is 1.95 bits per heavy atom. The number of hydrogen-bond donors (Lipinski definition) is 0. The van der Waals surface area contributed by atoms with Gasteiger partial charge >= 0.3 is 5.97 Å². The second kappa shape index (κ2) is 6.20. The van der Waals surface area contributed by atoms with Crippen molar-refractivity contribution in [1.82, 2.24) is 4.90 Å². The van der Waals surface area contributed by atoms with E-state index in [1.54, 1.807) is 0 Å². The van der Waals surface area contributed by atoms with Crippen LogP contribution in [-0.4, -0.2) is 30.5 Å². The van der Waals surface area contributed by atoms with Gasteiger partial charge in [0, 0.05) is 32.4 Å². The first kappa shape index (κ1) is 14.1. The van der Waals surface area contributed by atoms with Crippen LogP contribution in [0.3, 0.4) is 0 Å². The molecule has 0 amide bonds. The fourth-order valence-electron chi connectivity index (χ4n) is 2.62. The monoisotopic (exact) mass is 260 g/mol. The van der Waals surface area contributed by atoms with Crippen molar-refractivity contribution in [2.45, 2.75) is 31.8 Å². The summed E-state index contributed by atoms with van der Waals surface area (Å²) in [6.45, 7) is 8.43. The summed E-state index contributed by atoms with van der Waals surface area (Å²) in [6, 6.07) is 10.1. The molecule has 0 unspecified atom stereocenters. The highest BCUT2D eigenvalue weighted by Crippen LogP contribution is 2.37. The molecule has 1 radical (unpaired) electrons. The number of likely N-dealkylation sites (tertiary alicyclic amines) is 1. The maximum atomic E-state index is 11.8. The van der Waals surface area contributed by atoms with Crippen LogP contribution in [0.5, 0.6) is 0 Å². The molecule has 3 heteroatoms. The second-order valence-electron chi connectivity index (χ2n) is 5.03. The number of nitrogens with zero attached hydrogens (tertiary/aromatic N) is 1.